The number of likely N-dealkylation sites (N-methyl/N-ethyl adjacent to an activating group) is 1. The van der Waals surface area contributed by atoms with E-state index in [2.05, 4.69) is 5.32 Å². The van der Waals surface area contributed by atoms with E-state index in [1.165, 1.54) is 17.4 Å². The Morgan fingerprint density at radius 1 is 1.15 bits per heavy atom. The zero-order valence-corrected chi connectivity index (χ0v) is 15.8. The quantitative estimate of drug-likeness (QED) is 0.794. The molecule has 1 aromatic heterocycles. The van der Waals surface area contributed by atoms with Gasteiger partial charge in [-0.05, 0) is 36.4 Å². The first kappa shape index (κ1) is 20.0. The van der Waals surface area contributed by atoms with Crippen molar-refractivity contribution in [3.05, 3.63) is 57.8 Å². The largest absolute Gasteiger partial charge is 0.340 e. The second-order valence-corrected chi connectivity index (χ2v) is 7.26. The number of nitrogens with zero attached hydrogens (tertiary/aromatic N) is 1. The number of carbonyl (C=O) groups is 2. The summed E-state index contributed by atoms with van der Waals surface area (Å²) in [6, 6.07) is 6.17. The first-order chi connectivity index (χ1) is 12.3. The van der Waals surface area contributed by atoms with Crippen molar-refractivity contribution in [2.45, 2.75) is 33.4 Å². The molecule has 0 spiro atoms. The third-order valence-corrected chi connectivity index (χ3v) is 4.89. The van der Waals surface area contributed by atoms with E-state index < -0.39 is 29.1 Å². The van der Waals surface area contributed by atoms with Gasteiger partial charge >= 0.3 is 0 Å². The molecule has 1 heterocycles. The van der Waals surface area contributed by atoms with Crippen LogP contribution in [0.1, 0.15) is 36.0 Å². The lowest BCUT2D eigenvalue weighted by Gasteiger charge is -2.29. The molecular formula is C19H22F2N2O2S. The minimum Gasteiger partial charge on any atom is -0.340 e. The number of hydrogen-bond donors (Lipinski definition) is 1. The van der Waals surface area contributed by atoms with Crippen molar-refractivity contribution in [2.24, 2.45) is 5.92 Å². The number of benzene rings is 1. The molecular weight excluding hydrogens is 358 g/mol. The van der Waals surface area contributed by atoms with E-state index >= 15 is 0 Å². The van der Waals surface area contributed by atoms with Gasteiger partial charge in [0.05, 0.1) is 6.54 Å². The second-order valence-electron chi connectivity index (χ2n) is 6.22. The number of thiophene rings is 1. The highest BCUT2D eigenvalue weighted by Gasteiger charge is 2.30. The number of halogens is 2. The molecule has 0 radical (unpaired) electrons. The number of carbonyl (C=O) groups excluding carboxylic acids is 2. The summed E-state index contributed by atoms with van der Waals surface area (Å²) in [4.78, 5) is 27.9. The number of hydrogen-bond acceptors (Lipinski definition) is 3. The molecule has 0 aliphatic heterocycles. The number of rotatable bonds is 7. The van der Waals surface area contributed by atoms with Crippen molar-refractivity contribution >= 4 is 23.2 Å². The van der Waals surface area contributed by atoms with E-state index in [9.17, 15) is 18.4 Å². The Labute approximate surface area is 155 Å². The Bertz CT molecular complexity index is 743. The Morgan fingerprint density at radius 3 is 2.31 bits per heavy atom. The number of amides is 2. The third-order valence-electron chi connectivity index (χ3n) is 4.03. The number of nitrogens with one attached hydrogen (secondary N) is 1. The van der Waals surface area contributed by atoms with Crippen LogP contribution >= 0.6 is 11.3 Å². The average molecular weight is 380 g/mol. The Kier molecular flexibility index (Phi) is 6.85. The van der Waals surface area contributed by atoms with Crippen molar-refractivity contribution < 1.29 is 18.4 Å². The molecule has 2 amide bonds. The van der Waals surface area contributed by atoms with Crippen LogP contribution in [0, 0.1) is 17.6 Å². The van der Waals surface area contributed by atoms with Gasteiger partial charge in [0.2, 0.25) is 5.91 Å². The highest BCUT2D eigenvalue weighted by Crippen LogP contribution is 2.16. The summed E-state index contributed by atoms with van der Waals surface area (Å²) >= 11 is 1.54. The molecule has 1 unspecified atom stereocenters. The Morgan fingerprint density at radius 2 is 1.81 bits per heavy atom. The van der Waals surface area contributed by atoms with Crippen LogP contribution in [0.2, 0.25) is 0 Å². The standard InChI is InChI=1S/C19H22F2N2O2S/c1-4-23(11-13-7-6-10-26-13)19(25)17(12(2)3)22-18(24)16-14(20)8-5-9-15(16)21/h5-10,12,17H,4,11H2,1-3H3,(H,22,24). The summed E-state index contributed by atoms with van der Waals surface area (Å²) in [5.41, 5.74) is -0.674. The fourth-order valence-electron chi connectivity index (χ4n) is 2.57. The Balaban J connectivity index is 2.19. The predicted octanol–water partition coefficient (Wildman–Crippen LogP) is 3.83. The highest BCUT2D eigenvalue weighted by atomic mass is 32.1. The zero-order valence-electron chi connectivity index (χ0n) is 15.0. The van der Waals surface area contributed by atoms with E-state index in [0.29, 0.717) is 13.1 Å². The SMILES string of the molecule is CCN(Cc1cccs1)C(=O)C(NC(=O)c1c(F)cccc1F)C(C)C. The molecule has 0 saturated heterocycles. The van der Waals surface area contributed by atoms with Crippen LogP contribution < -0.4 is 5.32 Å². The van der Waals surface area contributed by atoms with E-state index in [-0.39, 0.29) is 11.8 Å². The van der Waals surface area contributed by atoms with Gasteiger partial charge < -0.3 is 10.2 Å². The molecule has 7 heteroatoms. The molecule has 140 valence electrons. The van der Waals surface area contributed by atoms with Gasteiger partial charge in [-0.15, -0.1) is 11.3 Å². The zero-order chi connectivity index (χ0) is 19.3. The van der Waals surface area contributed by atoms with Crippen LogP contribution in [0.3, 0.4) is 0 Å². The van der Waals surface area contributed by atoms with Gasteiger partial charge in [0, 0.05) is 11.4 Å². The van der Waals surface area contributed by atoms with Crippen molar-refractivity contribution in [2.75, 3.05) is 6.54 Å². The minimum absolute atomic E-state index is 0.237. The lowest BCUT2D eigenvalue weighted by molar-refractivity contribution is -0.134. The molecule has 0 aliphatic rings. The van der Waals surface area contributed by atoms with E-state index in [1.54, 1.807) is 18.7 Å². The molecule has 2 rings (SSSR count). The normalized spacial score (nSPS) is 12.1. The summed E-state index contributed by atoms with van der Waals surface area (Å²) in [7, 11) is 0. The maximum Gasteiger partial charge on any atom is 0.257 e. The predicted molar refractivity (Wildman–Crippen MR) is 97.9 cm³/mol. The Hall–Kier alpha value is -2.28. The van der Waals surface area contributed by atoms with Crippen LogP contribution in [0.15, 0.2) is 35.7 Å². The molecule has 0 aliphatic carbocycles. The minimum atomic E-state index is -0.955. The van der Waals surface area contributed by atoms with Crippen molar-refractivity contribution in [3.63, 3.8) is 0 Å². The monoisotopic (exact) mass is 380 g/mol. The van der Waals surface area contributed by atoms with E-state index in [1.807, 2.05) is 24.4 Å². The first-order valence-corrected chi connectivity index (χ1v) is 9.29. The summed E-state index contributed by atoms with van der Waals surface area (Å²) < 4.78 is 27.7. The van der Waals surface area contributed by atoms with E-state index in [0.717, 1.165) is 17.0 Å². The molecule has 0 saturated carbocycles. The van der Waals surface area contributed by atoms with Gasteiger partial charge in [0.25, 0.3) is 5.91 Å². The van der Waals surface area contributed by atoms with Gasteiger partial charge in [-0.1, -0.05) is 26.0 Å². The summed E-state index contributed by atoms with van der Waals surface area (Å²) in [6.45, 7) is 6.30. The molecule has 1 aromatic carbocycles. The highest BCUT2D eigenvalue weighted by molar-refractivity contribution is 7.09. The molecule has 1 atom stereocenters. The van der Waals surface area contributed by atoms with Gasteiger partial charge in [0.1, 0.15) is 23.2 Å². The summed E-state index contributed by atoms with van der Waals surface area (Å²) in [5, 5.41) is 4.43. The molecule has 2 aromatic rings. The lowest BCUT2D eigenvalue weighted by Crippen LogP contribution is -2.51. The molecule has 0 bridgehead atoms. The van der Waals surface area contributed by atoms with Crippen molar-refractivity contribution in [1.82, 2.24) is 10.2 Å². The fraction of sp³-hybridized carbons (Fsp3) is 0.368. The van der Waals surface area contributed by atoms with Gasteiger partial charge in [-0.3, -0.25) is 9.59 Å². The third kappa shape index (κ3) is 4.66. The fourth-order valence-corrected chi connectivity index (χ4v) is 3.29. The maximum absolute atomic E-state index is 13.8. The molecule has 0 fully saturated rings. The smallest absolute Gasteiger partial charge is 0.257 e. The summed E-state index contributed by atoms with van der Waals surface area (Å²) in [6.07, 6.45) is 0. The topological polar surface area (TPSA) is 49.4 Å². The van der Waals surface area contributed by atoms with Crippen molar-refractivity contribution in [1.29, 1.82) is 0 Å². The maximum atomic E-state index is 13.8. The second kappa shape index (κ2) is 8.89. The van der Waals surface area contributed by atoms with Crippen LogP contribution in [0.4, 0.5) is 8.78 Å². The first-order valence-electron chi connectivity index (χ1n) is 8.41. The summed E-state index contributed by atoms with van der Waals surface area (Å²) in [5.74, 6) is -3.36. The molecule has 26 heavy (non-hydrogen) atoms. The van der Waals surface area contributed by atoms with Crippen LogP contribution in [0.25, 0.3) is 0 Å². The van der Waals surface area contributed by atoms with E-state index in [4.69, 9.17) is 0 Å². The molecule has 1 N–H and O–H groups in total. The van der Waals surface area contributed by atoms with Gasteiger partial charge in [-0.25, -0.2) is 8.78 Å². The average Bonchev–Trinajstić information content (AvgIpc) is 3.09. The van der Waals surface area contributed by atoms with Crippen LogP contribution in [0.5, 0.6) is 0 Å². The van der Waals surface area contributed by atoms with Crippen LogP contribution in [-0.4, -0.2) is 29.3 Å². The van der Waals surface area contributed by atoms with Crippen molar-refractivity contribution in [3.8, 4) is 0 Å². The lowest BCUT2D eigenvalue weighted by atomic mass is 10.0. The van der Waals surface area contributed by atoms with Crippen LogP contribution in [-0.2, 0) is 11.3 Å². The molecule has 4 nitrogen and oxygen atoms in total. The van der Waals surface area contributed by atoms with Gasteiger partial charge in [0.15, 0.2) is 0 Å². The van der Waals surface area contributed by atoms with Gasteiger partial charge in [-0.2, -0.15) is 0 Å².